The van der Waals surface area contributed by atoms with Crippen LogP contribution in [0.5, 0.6) is 5.75 Å². The first-order valence-electron chi connectivity index (χ1n) is 14.1. The Labute approximate surface area is 258 Å². The number of methoxy groups -OCH3 is 1. The number of alkyl halides is 6. The van der Waals surface area contributed by atoms with Crippen molar-refractivity contribution in [2.75, 3.05) is 37.0 Å². The van der Waals surface area contributed by atoms with Crippen LogP contribution in [0.4, 0.5) is 37.8 Å². The van der Waals surface area contributed by atoms with E-state index in [1.807, 2.05) is 4.90 Å². The van der Waals surface area contributed by atoms with Gasteiger partial charge in [-0.1, -0.05) is 17.3 Å². The zero-order valence-electron chi connectivity index (χ0n) is 24.6. The number of pyridine rings is 1. The van der Waals surface area contributed by atoms with Gasteiger partial charge in [0.2, 0.25) is 0 Å². The first kappa shape index (κ1) is 32.7. The highest BCUT2D eigenvalue weighted by atomic mass is 19.4. The van der Waals surface area contributed by atoms with Crippen molar-refractivity contribution < 1.29 is 40.3 Å². The fraction of sp³-hybridized carbons (Fsp3) is 0.414. The minimum absolute atomic E-state index is 0.0687. The van der Waals surface area contributed by atoms with E-state index < -0.39 is 40.8 Å². The molecule has 46 heavy (non-hydrogen) atoms. The molecule has 5 rings (SSSR count). The molecule has 4 heterocycles. The minimum Gasteiger partial charge on any atom is -0.497 e. The highest BCUT2D eigenvalue weighted by Gasteiger charge is 2.38. The van der Waals surface area contributed by atoms with Crippen LogP contribution in [-0.2, 0) is 30.2 Å². The second-order valence-electron chi connectivity index (χ2n) is 10.7. The summed E-state index contributed by atoms with van der Waals surface area (Å²) in [6.07, 6.45) is -7.04. The van der Waals surface area contributed by atoms with Crippen molar-refractivity contribution in [1.82, 2.24) is 24.9 Å². The third-order valence-corrected chi connectivity index (χ3v) is 7.25. The van der Waals surface area contributed by atoms with Gasteiger partial charge in [-0.3, -0.25) is 4.79 Å². The van der Waals surface area contributed by atoms with Crippen LogP contribution in [-0.4, -0.2) is 57.8 Å². The van der Waals surface area contributed by atoms with Gasteiger partial charge in [-0.25, -0.2) is 9.67 Å². The Bertz CT molecular complexity index is 1670. The topological polar surface area (TPSA) is 120 Å². The van der Waals surface area contributed by atoms with E-state index >= 15 is 0 Å². The standard InChI is InChI=1S/C29H29F6N7O4/c1-17(38-22-12-37-42(27(43)25(22)29(33,34)35)13-18-3-6-21(44-2)7-4-18)15-45-16-24-39-26(40-46-24)19-9-10-41(14-19)23-8-5-20(11-36-23)28(30,31)32/h3-8,11-12,17,19,38H,9-10,13-16H2,1-2H3. The van der Waals surface area contributed by atoms with Gasteiger partial charge in [0.25, 0.3) is 11.4 Å². The predicted octanol–water partition coefficient (Wildman–Crippen LogP) is 5.13. The first-order chi connectivity index (χ1) is 21.8. The number of anilines is 2. The summed E-state index contributed by atoms with van der Waals surface area (Å²) in [4.78, 5) is 22.9. The second kappa shape index (κ2) is 13.4. The maximum absolute atomic E-state index is 14.0. The smallest absolute Gasteiger partial charge is 0.423 e. The van der Waals surface area contributed by atoms with Crippen LogP contribution in [0.25, 0.3) is 0 Å². The van der Waals surface area contributed by atoms with E-state index in [9.17, 15) is 31.1 Å². The summed E-state index contributed by atoms with van der Waals surface area (Å²) in [5.41, 5.74) is -3.41. The van der Waals surface area contributed by atoms with Crippen molar-refractivity contribution in [3.63, 3.8) is 0 Å². The number of rotatable bonds is 11. The third-order valence-electron chi connectivity index (χ3n) is 7.25. The third kappa shape index (κ3) is 7.75. The van der Waals surface area contributed by atoms with Crippen LogP contribution >= 0.6 is 0 Å². The zero-order valence-corrected chi connectivity index (χ0v) is 24.6. The Balaban J connectivity index is 1.15. The van der Waals surface area contributed by atoms with Crippen LogP contribution in [0.2, 0.25) is 0 Å². The molecule has 1 aliphatic rings. The number of benzene rings is 1. The molecule has 1 saturated heterocycles. The Kier molecular flexibility index (Phi) is 9.50. The van der Waals surface area contributed by atoms with Gasteiger partial charge in [0, 0.05) is 31.2 Å². The van der Waals surface area contributed by atoms with E-state index in [1.165, 1.54) is 13.2 Å². The molecule has 1 aliphatic heterocycles. The minimum atomic E-state index is -4.94. The van der Waals surface area contributed by atoms with Crippen LogP contribution < -0.4 is 20.5 Å². The molecule has 1 aromatic carbocycles. The van der Waals surface area contributed by atoms with Crippen molar-refractivity contribution in [2.45, 2.75) is 50.8 Å². The number of hydrogen-bond acceptors (Lipinski definition) is 10. The molecule has 2 atom stereocenters. The van der Waals surface area contributed by atoms with Gasteiger partial charge in [0.05, 0.1) is 37.7 Å². The Morgan fingerprint density at radius 2 is 1.83 bits per heavy atom. The van der Waals surface area contributed by atoms with Crippen LogP contribution in [0.15, 0.2) is 58.1 Å². The van der Waals surface area contributed by atoms with Crippen molar-refractivity contribution in [2.24, 2.45) is 0 Å². The summed E-state index contributed by atoms with van der Waals surface area (Å²) >= 11 is 0. The molecule has 17 heteroatoms. The van der Waals surface area contributed by atoms with Gasteiger partial charge in [0.15, 0.2) is 5.82 Å². The van der Waals surface area contributed by atoms with Gasteiger partial charge in [-0.05, 0) is 43.2 Å². The SMILES string of the molecule is COc1ccc(Cn2ncc(NC(C)COCc3nc(C4CCN(c5ccc(C(F)(F)F)cn5)C4)no3)c(C(F)(F)F)c2=O)cc1. The van der Waals surface area contributed by atoms with E-state index in [4.69, 9.17) is 14.0 Å². The van der Waals surface area contributed by atoms with E-state index in [0.29, 0.717) is 42.5 Å². The number of nitrogens with one attached hydrogen (secondary N) is 1. The summed E-state index contributed by atoms with van der Waals surface area (Å²) in [7, 11) is 1.48. The normalized spacial score (nSPS) is 16.1. The average Bonchev–Trinajstić information content (AvgIpc) is 3.68. The van der Waals surface area contributed by atoms with E-state index in [0.717, 1.165) is 23.1 Å². The molecule has 0 amide bonds. The van der Waals surface area contributed by atoms with Gasteiger partial charge >= 0.3 is 12.4 Å². The van der Waals surface area contributed by atoms with Crippen molar-refractivity contribution in [1.29, 1.82) is 0 Å². The Morgan fingerprint density at radius 1 is 1.07 bits per heavy atom. The maximum atomic E-state index is 14.0. The van der Waals surface area contributed by atoms with E-state index in [2.05, 4.69) is 25.5 Å². The molecule has 0 saturated carbocycles. The van der Waals surface area contributed by atoms with Crippen LogP contribution in [0.1, 0.15) is 47.7 Å². The van der Waals surface area contributed by atoms with E-state index in [1.54, 1.807) is 31.2 Å². The molecule has 0 aliphatic carbocycles. The van der Waals surface area contributed by atoms with Crippen LogP contribution in [0.3, 0.4) is 0 Å². The fourth-order valence-corrected chi connectivity index (χ4v) is 4.93. The quantitative estimate of drug-likeness (QED) is 0.218. The summed E-state index contributed by atoms with van der Waals surface area (Å²) in [6.45, 7) is 2.18. The summed E-state index contributed by atoms with van der Waals surface area (Å²) in [5.74, 6) is 1.36. The zero-order chi connectivity index (χ0) is 33.1. The van der Waals surface area contributed by atoms with E-state index in [-0.39, 0.29) is 31.6 Å². The largest absolute Gasteiger partial charge is 0.497 e. The van der Waals surface area contributed by atoms with Crippen molar-refractivity contribution in [3.8, 4) is 5.75 Å². The molecule has 2 unspecified atom stereocenters. The number of ether oxygens (including phenoxy) is 2. The lowest BCUT2D eigenvalue weighted by atomic mass is 10.1. The lowest BCUT2D eigenvalue weighted by Crippen LogP contribution is -2.34. The molecule has 0 radical (unpaired) electrons. The number of halogens is 6. The summed E-state index contributed by atoms with van der Waals surface area (Å²) in [5, 5.41) is 10.6. The maximum Gasteiger partial charge on any atom is 0.423 e. The predicted molar refractivity (Wildman–Crippen MR) is 151 cm³/mol. The monoisotopic (exact) mass is 653 g/mol. The molecular weight excluding hydrogens is 624 g/mol. The molecule has 0 bridgehead atoms. The molecule has 4 aromatic rings. The van der Waals surface area contributed by atoms with Crippen LogP contribution in [0, 0.1) is 0 Å². The molecule has 11 nitrogen and oxygen atoms in total. The van der Waals surface area contributed by atoms with Gasteiger partial charge in [-0.15, -0.1) is 0 Å². The first-order valence-corrected chi connectivity index (χ1v) is 14.1. The highest BCUT2D eigenvalue weighted by Crippen LogP contribution is 2.33. The Hall–Kier alpha value is -4.67. The summed E-state index contributed by atoms with van der Waals surface area (Å²) < 4.78 is 97.0. The molecular formula is C29H29F6N7O4. The van der Waals surface area contributed by atoms with Gasteiger partial charge in [0.1, 0.15) is 23.7 Å². The Morgan fingerprint density at radius 3 is 2.48 bits per heavy atom. The van der Waals surface area contributed by atoms with Crippen molar-refractivity contribution in [3.05, 3.63) is 87.6 Å². The molecule has 246 valence electrons. The second-order valence-corrected chi connectivity index (χ2v) is 10.7. The lowest BCUT2D eigenvalue weighted by molar-refractivity contribution is -0.139. The number of nitrogens with zero attached hydrogens (tertiary/aromatic N) is 6. The lowest BCUT2D eigenvalue weighted by Gasteiger charge is -2.19. The number of hydrogen-bond donors (Lipinski definition) is 1. The molecule has 1 fully saturated rings. The molecule has 1 N–H and O–H groups in total. The average molecular weight is 654 g/mol. The fourth-order valence-electron chi connectivity index (χ4n) is 4.93. The van der Waals surface area contributed by atoms with Gasteiger partial charge in [-0.2, -0.15) is 36.4 Å². The highest BCUT2D eigenvalue weighted by molar-refractivity contribution is 5.50. The number of aromatic nitrogens is 5. The molecule has 3 aromatic heterocycles. The van der Waals surface area contributed by atoms with Crippen molar-refractivity contribution >= 4 is 11.5 Å². The molecule has 0 spiro atoms. The summed E-state index contributed by atoms with van der Waals surface area (Å²) in [6, 6.07) is 8.14. The van der Waals surface area contributed by atoms with Gasteiger partial charge < -0.3 is 24.2 Å².